The minimum atomic E-state index is -0.120. The first-order chi connectivity index (χ1) is 13.9. The summed E-state index contributed by atoms with van der Waals surface area (Å²) in [7, 11) is 0. The molecule has 0 radical (unpaired) electrons. The lowest BCUT2D eigenvalue weighted by molar-refractivity contribution is 0.672. The van der Waals surface area contributed by atoms with Crippen LogP contribution in [-0.2, 0) is 12.3 Å². The molecule has 0 aliphatic carbocycles. The summed E-state index contributed by atoms with van der Waals surface area (Å²) in [6, 6.07) is 5.30. The summed E-state index contributed by atoms with van der Waals surface area (Å²) in [4.78, 5) is 36.6. The van der Waals surface area contributed by atoms with Crippen molar-refractivity contribution in [3.63, 3.8) is 0 Å². The SMILES string of the molecule is C=CCn1c(SCc2cc(=O)n3cc(C)ccc3n2)nc2sc(C)c(C)c2c1=O. The van der Waals surface area contributed by atoms with Gasteiger partial charge in [0.05, 0.1) is 11.1 Å². The van der Waals surface area contributed by atoms with Gasteiger partial charge in [-0.2, -0.15) is 0 Å². The minimum absolute atomic E-state index is 0.0544. The van der Waals surface area contributed by atoms with Crippen LogP contribution in [0.4, 0.5) is 0 Å². The number of pyridine rings is 1. The van der Waals surface area contributed by atoms with Gasteiger partial charge in [0.1, 0.15) is 10.5 Å². The van der Waals surface area contributed by atoms with E-state index in [4.69, 9.17) is 4.98 Å². The van der Waals surface area contributed by atoms with Crippen LogP contribution < -0.4 is 11.1 Å². The van der Waals surface area contributed by atoms with E-state index in [-0.39, 0.29) is 11.1 Å². The lowest BCUT2D eigenvalue weighted by Crippen LogP contribution is -2.22. The smallest absolute Gasteiger partial charge is 0.263 e. The average Bonchev–Trinajstić information content (AvgIpc) is 2.97. The third kappa shape index (κ3) is 3.54. The number of nitrogens with zero attached hydrogens (tertiary/aromatic N) is 4. The minimum Gasteiger partial charge on any atom is -0.283 e. The standard InChI is InChI=1S/C21H20N4O2S2/c1-5-8-24-20(27)18-13(3)14(4)29-19(18)23-21(24)28-11-15-9-17(26)25-10-12(2)6-7-16(25)22-15/h5-7,9-10H,1,8,11H2,2-4H3. The summed E-state index contributed by atoms with van der Waals surface area (Å²) in [5.74, 6) is 0.443. The predicted molar refractivity (Wildman–Crippen MR) is 119 cm³/mol. The van der Waals surface area contributed by atoms with E-state index < -0.39 is 0 Å². The molecule has 0 fully saturated rings. The number of hydrogen-bond donors (Lipinski definition) is 0. The molecule has 8 heteroatoms. The maximum atomic E-state index is 13.0. The zero-order valence-electron chi connectivity index (χ0n) is 16.4. The summed E-state index contributed by atoms with van der Waals surface area (Å²) < 4.78 is 3.18. The van der Waals surface area contributed by atoms with E-state index in [0.717, 1.165) is 20.8 Å². The number of fused-ring (bicyclic) bond motifs is 2. The van der Waals surface area contributed by atoms with Gasteiger partial charge in [-0.25, -0.2) is 9.97 Å². The Bertz CT molecular complexity index is 1380. The summed E-state index contributed by atoms with van der Waals surface area (Å²) >= 11 is 2.93. The first-order valence-electron chi connectivity index (χ1n) is 9.12. The molecule has 6 nitrogen and oxygen atoms in total. The molecule has 0 amide bonds. The quantitative estimate of drug-likeness (QED) is 0.276. The number of aryl methyl sites for hydroxylation is 3. The Morgan fingerprint density at radius 2 is 2.00 bits per heavy atom. The van der Waals surface area contributed by atoms with Crippen molar-refractivity contribution in [2.75, 3.05) is 0 Å². The van der Waals surface area contributed by atoms with Crippen LogP contribution in [0.5, 0.6) is 0 Å². The zero-order chi connectivity index (χ0) is 20.7. The van der Waals surface area contributed by atoms with E-state index in [1.54, 1.807) is 21.2 Å². The molecule has 0 unspecified atom stereocenters. The summed E-state index contributed by atoms with van der Waals surface area (Å²) in [6.45, 7) is 10.0. The fourth-order valence-corrected chi connectivity index (χ4v) is 5.15. The van der Waals surface area contributed by atoms with Crippen molar-refractivity contribution >= 4 is 39.0 Å². The lowest BCUT2D eigenvalue weighted by Gasteiger charge is -2.10. The first-order valence-corrected chi connectivity index (χ1v) is 10.9. The van der Waals surface area contributed by atoms with E-state index in [1.165, 1.54) is 29.2 Å². The summed E-state index contributed by atoms with van der Waals surface area (Å²) in [5.41, 5.74) is 3.07. The highest BCUT2D eigenvalue weighted by Gasteiger charge is 2.16. The van der Waals surface area contributed by atoms with Gasteiger partial charge in [-0.05, 0) is 38.0 Å². The highest BCUT2D eigenvalue weighted by Crippen LogP contribution is 2.29. The first kappa shape index (κ1) is 19.6. The highest BCUT2D eigenvalue weighted by molar-refractivity contribution is 7.98. The van der Waals surface area contributed by atoms with E-state index >= 15 is 0 Å². The molecule has 0 aromatic carbocycles. The van der Waals surface area contributed by atoms with Crippen LogP contribution in [0.25, 0.3) is 15.9 Å². The molecule has 29 heavy (non-hydrogen) atoms. The van der Waals surface area contributed by atoms with Gasteiger partial charge in [0, 0.05) is 29.4 Å². The number of thiophene rings is 1. The van der Waals surface area contributed by atoms with Gasteiger partial charge in [0.15, 0.2) is 5.16 Å². The molecule has 4 aromatic heterocycles. The van der Waals surface area contributed by atoms with Crippen molar-refractivity contribution in [1.29, 1.82) is 0 Å². The predicted octanol–water partition coefficient (Wildman–Crippen LogP) is 3.87. The molecular weight excluding hydrogens is 404 g/mol. The average molecular weight is 425 g/mol. The van der Waals surface area contributed by atoms with E-state index in [0.29, 0.717) is 34.2 Å². The number of aromatic nitrogens is 4. The molecule has 0 saturated heterocycles. The number of thioether (sulfide) groups is 1. The van der Waals surface area contributed by atoms with Gasteiger partial charge < -0.3 is 0 Å². The second kappa shape index (κ2) is 7.61. The Balaban J connectivity index is 1.74. The third-order valence-corrected chi connectivity index (χ3v) is 6.89. The van der Waals surface area contributed by atoms with Crippen LogP contribution in [-0.4, -0.2) is 18.9 Å². The molecule has 0 bridgehead atoms. The van der Waals surface area contributed by atoms with Crippen LogP contribution in [0.3, 0.4) is 0 Å². The fourth-order valence-electron chi connectivity index (χ4n) is 3.18. The normalized spacial score (nSPS) is 11.4. The molecule has 4 rings (SSSR count). The Morgan fingerprint density at radius 3 is 2.76 bits per heavy atom. The van der Waals surface area contributed by atoms with Gasteiger partial charge in [-0.1, -0.05) is 23.9 Å². The third-order valence-electron chi connectivity index (χ3n) is 4.78. The monoisotopic (exact) mass is 424 g/mol. The molecule has 0 aliphatic heterocycles. The van der Waals surface area contributed by atoms with Gasteiger partial charge in [-0.3, -0.25) is 18.6 Å². The van der Waals surface area contributed by atoms with Crippen LogP contribution in [0.15, 0.2) is 51.8 Å². The Kier molecular flexibility index (Phi) is 5.14. The van der Waals surface area contributed by atoms with Gasteiger partial charge in [0.25, 0.3) is 11.1 Å². The fraction of sp³-hybridized carbons (Fsp3) is 0.238. The molecule has 0 N–H and O–H groups in total. The molecule has 4 heterocycles. The number of allylic oxidation sites excluding steroid dienone is 1. The van der Waals surface area contributed by atoms with Crippen molar-refractivity contribution in [1.82, 2.24) is 18.9 Å². The summed E-state index contributed by atoms with van der Waals surface area (Å²) in [5, 5.41) is 1.28. The molecule has 4 aromatic rings. The van der Waals surface area contributed by atoms with E-state index in [1.807, 2.05) is 32.9 Å². The molecule has 0 atom stereocenters. The van der Waals surface area contributed by atoms with Crippen molar-refractivity contribution in [3.05, 3.63) is 79.5 Å². The maximum Gasteiger partial charge on any atom is 0.263 e. The summed E-state index contributed by atoms with van der Waals surface area (Å²) in [6.07, 6.45) is 3.47. The molecule has 148 valence electrons. The second-order valence-corrected chi connectivity index (χ2v) is 9.02. The maximum absolute atomic E-state index is 13.0. The second-order valence-electron chi connectivity index (χ2n) is 6.87. The Labute approximate surface area is 175 Å². The van der Waals surface area contributed by atoms with Crippen molar-refractivity contribution in [2.24, 2.45) is 0 Å². The van der Waals surface area contributed by atoms with E-state index in [2.05, 4.69) is 11.6 Å². The molecular formula is C21H20N4O2S2. The lowest BCUT2D eigenvalue weighted by atomic mass is 10.2. The van der Waals surface area contributed by atoms with Crippen molar-refractivity contribution in [2.45, 2.75) is 38.2 Å². The largest absolute Gasteiger partial charge is 0.283 e. The van der Waals surface area contributed by atoms with Crippen LogP contribution in [0.2, 0.25) is 0 Å². The van der Waals surface area contributed by atoms with E-state index in [9.17, 15) is 9.59 Å². The zero-order valence-corrected chi connectivity index (χ0v) is 18.1. The molecule has 0 saturated carbocycles. The van der Waals surface area contributed by atoms with Crippen molar-refractivity contribution < 1.29 is 0 Å². The van der Waals surface area contributed by atoms with Crippen LogP contribution in [0, 0.1) is 20.8 Å². The van der Waals surface area contributed by atoms with Crippen molar-refractivity contribution in [3.8, 4) is 0 Å². The van der Waals surface area contributed by atoms with Gasteiger partial charge in [0.2, 0.25) is 0 Å². The molecule has 0 spiro atoms. The van der Waals surface area contributed by atoms with Crippen LogP contribution >= 0.6 is 23.1 Å². The Morgan fingerprint density at radius 1 is 1.21 bits per heavy atom. The van der Waals surface area contributed by atoms with Crippen LogP contribution in [0.1, 0.15) is 21.7 Å². The van der Waals surface area contributed by atoms with Gasteiger partial charge >= 0.3 is 0 Å². The van der Waals surface area contributed by atoms with Gasteiger partial charge in [-0.15, -0.1) is 17.9 Å². The highest BCUT2D eigenvalue weighted by atomic mass is 32.2. The Hall–Kier alpha value is -2.71. The topological polar surface area (TPSA) is 69.3 Å². The number of hydrogen-bond acceptors (Lipinski definition) is 6. The number of rotatable bonds is 5. The molecule has 0 aliphatic rings.